The van der Waals surface area contributed by atoms with Crippen molar-refractivity contribution in [2.75, 3.05) is 5.75 Å². The number of carboxylic acids is 2. The number of rotatable bonds is 13. The van der Waals surface area contributed by atoms with Crippen LogP contribution in [0.3, 0.4) is 0 Å². The number of nitrogens with zero attached hydrogens (tertiary/aromatic N) is 1. The highest BCUT2D eigenvalue weighted by molar-refractivity contribution is 7.86. The minimum Gasteiger partial charge on any atom is -0.481 e. The topological polar surface area (TPSA) is 168 Å². The first-order valence-corrected chi connectivity index (χ1v) is 16.5. The highest BCUT2D eigenvalue weighted by atomic mass is 32.2. The second kappa shape index (κ2) is 12.9. The van der Waals surface area contributed by atoms with Crippen LogP contribution < -0.4 is 15.9 Å². The Kier molecular flexibility index (Phi) is 9.38. The number of H-pyrrole nitrogens is 2. The molecule has 0 radical (unpaired) electrons. The molecule has 0 spiro atoms. The molecule has 3 aliphatic heterocycles. The number of aliphatic hydroxyl groups excluding tert-OH is 1. The molecule has 0 bridgehead atoms. The Morgan fingerprint density at radius 1 is 1.05 bits per heavy atom. The number of aliphatic hydroxyl groups is 1. The van der Waals surface area contributed by atoms with E-state index >= 15 is 0 Å². The largest absolute Gasteiger partial charge is 0.481 e. The zero-order chi connectivity index (χ0) is 31.9. The third-order valence-electron chi connectivity index (χ3n) is 9.59. The quantitative estimate of drug-likeness (QED) is 0.112. The third kappa shape index (κ3) is 6.50. The highest BCUT2D eigenvalue weighted by Gasteiger charge is 2.53. The second-order valence-corrected chi connectivity index (χ2v) is 13.7. The first-order valence-electron chi connectivity index (χ1n) is 15.4. The maximum atomic E-state index is 12.4. The number of amides is 1. The average molecular weight is 624 g/mol. The van der Waals surface area contributed by atoms with Crippen LogP contribution in [0.25, 0.3) is 12.7 Å². The van der Waals surface area contributed by atoms with E-state index in [4.69, 9.17) is 0 Å². The molecule has 236 valence electrons. The van der Waals surface area contributed by atoms with Crippen molar-refractivity contribution < 1.29 is 29.7 Å². The monoisotopic (exact) mass is 623 g/mol. The zero-order valence-electron chi connectivity index (χ0n) is 25.8. The number of aliphatic carboxylic acids is 2. The lowest BCUT2D eigenvalue weighted by Gasteiger charge is -2.14. The lowest BCUT2D eigenvalue weighted by Crippen LogP contribution is -2.35. The molecule has 44 heavy (non-hydrogen) atoms. The number of thiol groups is 1. The summed E-state index contributed by atoms with van der Waals surface area (Å²) in [6.45, 7) is 12.2. The van der Waals surface area contributed by atoms with Gasteiger partial charge in [0.2, 0.25) is 0 Å². The minimum atomic E-state index is -0.897. The van der Waals surface area contributed by atoms with Crippen molar-refractivity contribution >= 4 is 48.0 Å². The van der Waals surface area contributed by atoms with Gasteiger partial charge in [0.05, 0.1) is 5.71 Å². The molecule has 5 rings (SSSR count). The van der Waals surface area contributed by atoms with Crippen LogP contribution in [0.15, 0.2) is 16.1 Å². The Hall–Kier alpha value is -3.41. The summed E-state index contributed by atoms with van der Waals surface area (Å²) in [5, 5.41) is 35.0. The first-order chi connectivity index (χ1) is 20.9. The van der Waals surface area contributed by atoms with Crippen LogP contribution in [0.2, 0.25) is 0 Å². The van der Waals surface area contributed by atoms with Crippen molar-refractivity contribution in [3.63, 3.8) is 0 Å². The molecule has 5 heterocycles. The van der Waals surface area contributed by atoms with Gasteiger partial charge in [-0.25, -0.2) is 4.99 Å². The van der Waals surface area contributed by atoms with Gasteiger partial charge in [0, 0.05) is 71.6 Å². The van der Waals surface area contributed by atoms with Crippen molar-refractivity contribution in [3.05, 3.63) is 55.5 Å². The molecule has 11 heteroatoms. The molecule has 2 saturated heterocycles. The summed E-state index contributed by atoms with van der Waals surface area (Å²) in [5.74, 6) is -0.431. The zero-order valence-corrected chi connectivity index (χ0v) is 26.7. The van der Waals surface area contributed by atoms with Crippen molar-refractivity contribution in [3.8, 4) is 0 Å². The molecule has 2 unspecified atom stereocenters. The molecule has 0 saturated carbocycles. The fraction of sp³-hybridized carbons (Fsp3) is 0.515. The smallest absolute Gasteiger partial charge is 0.303 e. The van der Waals surface area contributed by atoms with Gasteiger partial charge in [-0.3, -0.25) is 19.7 Å². The summed E-state index contributed by atoms with van der Waals surface area (Å²) in [6.07, 6.45) is 3.51. The lowest BCUT2D eigenvalue weighted by molar-refractivity contribution is -0.138. The third-order valence-corrected chi connectivity index (χ3v) is 10.7. The Morgan fingerprint density at radius 2 is 1.68 bits per heavy atom. The Morgan fingerprint density at radius 3 is 2.27 bits per heavy atom. The first kappa shape index (κ1) is 32.0. The van der Waals surface area contributed by atoms with Gasteiger partial charge in [0.25, 0.3) is 5.91 Å². The van der Waals surface area contributed by atoms with E-state index in [2.05, 4.69) is 39.9 Å². The van der Waals surface area contributed by atoms with Gasteiger partial charge in [0.1, 0.15) is 6.23 Å². The lowest BCUT2D eigenvalue weighted by atomic mass is 9.88. The Balaban J connectivity index is 1.53. The second-order valence-electron chi connectivity index (χ2n) is 12.3. The predicted octanol–water partition coefficient (Wildman–Crippen LogP) is 1.46. The molecule has 0 aromatic carbocycles. The van der Waals surface area contributed by atoms with E-state index in [9.17, 15) is 29.7 Å². The van der Waals surface area contributed by atoms with E-state index in [0.717, 1.165) is 67.0 Å². The van der Waals surface area contributed by atoms with Crippen LogP contribution in [-0.2, 0) is 51.8 Å². The molecule has 2 aromatic heterocycles. The van der Waals surface area contributed by atoms with Crippen LogP contribution in [-0.4, -0.2) is 72.1 Å². The van der Waals surface area contributed by atoms with E-state index in [0.29, 0.717) is 43.3 Å². The number of hydrogen-bond donors (Lipinski definition) is 6. The summed E-state index contributed by atoms with van der Waals surface area (Å²) in [4.78, 5) is 46.9. The normalized spacial score (nSPS) is 25.3. The molecule has 6 N–H and O–H groups in total. The van der Waals surface area contributed by atoms with Gasteiger partial charge in [-0.1, -0.05) is 20.4 Å². The van der Waals surface area contributed by atoms with Crippen LogP contribution >= 0.6 is 0 Å². The molecule has 2 aromatic rings. The SMILES string of the molecule is C=c1c(CCC(=O)O)c(Cc2[nH]c(CC3=NC(=O)C(CC)=C3C)c(C)c2CCC(=O)O)[nH]/c1=C/C1NC(O)[C@H](C)[C@H]1[C@H]1C[SH+]1. The molecule has 2 fully saturated rings. The van der Waals surface area contributed by atoms with E-state index < -0.39 is 18.2 Å². The summed E-state index contributed by atoms with van der Waals surface area (Å²) >= 11 is 1.41. The van der Waals surface area contributed by atoms with Crippen molar-refractivity contribution in [1.82, 2.24) is 15.3 Å². The molecule has 5 atom stereocenters. The van der Waals surface area contributed by atoms with E-state index in [1.165, 1.54) is 11.8 Å². The maximum Gasteiger partial charge on any atom is 0.303 e. The number of carbonyl (C=O) groups excluding carboxylic acids is 1. The molecular formula is C33H43N4O6S+. The molecule has 10 nitrogen and oxygen atoms in total. The van der Waals surface area contributed by atoms with Crippen LogP contribution in [0.4, 0.5) is 0 Å². The number of nitrogens with one attached hydrogen (secondary N) is 3. The molecule has 1 amide bonds. The van der Waals surface area contributed by atoms with Gasteiger partial charge in [-0.2, -0.15) is 0 Å². The van der Waals surface area contributed by atoms with Crippen molar-refractivity contribution in [2.24, 2.45) is 16.8 Å². The fourth-order valence-corrected chi connectivity index (χ4v) is 7.98. The summed E-state index contributed by atoms with van der Waals surface area (Å²) < 4.78 is 0. The van der Waals surface area contributed by atoms with Crippen LogP contribution in [0.1, 0.15) is 73.8 Å². The number of aromatic nitrogens is 2. The van der Waals surface area contributed by atoms with Gasteiger partial charge in [-0.15, -0.1) is 0 Å². The van der Waals surface area contributed by atoms with Crippen molar-refractivity contribution in [1.29, 1.82) is 0 Å². The fourth-order valence-electron chi connectivity index (χ4n) is 6.91. The van der Waals surface area contributed by atoms with Crippen LogP contribution in [0.5, 0.6) is 0 Å². The summed E-state index contributed by atoms with van der Waals surface area (Å²) in [6, 6.07) is -0.0380. The molecule has 0 aliphatic carbocycles. The number of aliphatic imine (C=N–C) groups is 1. The van der Waals surface area contributed by atoms with E-state index in [1.807, 2.05) is 20.8 Å². The number of aromatic amines is 2. The number of carboxylic acid groups (broad SMARTS) is 2. The summed E-state index contributed by atoms with van der Waals surface area (Å²) in [5.41, 5.74) is 7.58. The Bertz CT molecular complexity index is 1660. The van der Waals surface area contributed by atoms with Gasteiger partial charge >= 0.3 is 11.9 Å². The predicted molar refractivity (Wildman–Crippen MR) is 172 cm³/mol. The number of allylic oxidation sites excluding steroid dienone is 1. The molecular weight excluding hydrogens is 580 g/mol. The van der Waals surface area contributed by atoms with Gasteiger partial charge < -0.3 is 25.3 Å². The van der Waals surface area contributed by atoms with Gasteiger partial charge in [0.15, 0.2) is 11.0 Å². The van der Waals surface area contributed by atoms with Gasteiger partial charge in [-0.05, 0) is 78.4 Å². The standard InChI is InChI=1S/C33H42N4O6S/c1-6-19-15(2)24(36-33(19)43)11-22-16(3)20(7-9-29(38)39)25(34-22)13-26-21(8-10-30(40)41)17(4)23(35-26)12-27-31(28-14-44-28)18(5)32(42)37-27/h12,18,27-28,31-32,34-35,37,42H,4,6-11,13-14H2,1-3,5H3,(H,38,39)(H,40,41)/p+1/b23-12+/t18-,27?,28-,31-,32?/m1/s1. The summed E-state index contributed by atoms with van der Waals surface area (Å²) in [7, 11) is 0. The maximum absolute atomic E-state index is 12.4. The van der Waals surface area contributed by atoms with E-state index in [-0.39, 0.29) is 30.7 Å². The Labute approximate surface area is 260 Å². The van der Waals surface area contributed by atoms with E-state index in [1.54, 1.807) is 0 Å². The highest BCUT2D eigenvalue weighted by Crippen LogP contribution is 2.37. The molecule has 3 aliphatic rings. The number of hydrogen-bond acceptors (Lipinski definition) is 5. The average Bonchev–Trinajstić information content (AvgIpc) is 3.53. The van der Waals surface area contributed by atoms with Crippen LogP contribution in [0, 0.1) is 18.8 Å². The van der Waals surface area contributed by atoms with Crippen molar-refractivity contribution in [2.45, 2.75) is 90.2 Å². The minimum absolute atomic E-state index is 0.0323. The number of carbonyl (C=O) groups is 3.